The Hall–Kier alpha value is -3.21. The second-order valence-corrected chi connectivity index (χ2v) is 9.11. The van der Waals surface area contributed by atoms with E-state index in [4.69, 9.17) is 5.73 Å². The Bertz CT molecular complexity index is 1230. The molecule has 0 bridgehead atoms. The number of likely N-dealkylation sites (tertiary alicyclic amines) is 1. The Kier molecular flexibility index (Phi) is 6.12. The van der Waals surface area contributed by atoms with Crippen molar-refractivity contribution in [2.24, 2.45) is 5.92 Å². The standard InChI is InChI=1S/C26H29N5O2/c27-25-24-21(7-6-18-2-1-3-20(14-18)23(33)15-19-4-5-19)16-31(26(24)29-17-28-25)22-8-10-30(11-9-22)12-13-32/h1-3,14,16-17,19,22,32H,4-5,8-13,15H2,(H2,27,28,29). The Morgan fingerprint density at radius 1 is 1.15 bits per heavy atom. The summed E-state index contributed by atoms with van der Waals surface area (Å²) in [6, 6.07) is 7.88. The average Bonchev–Trinajstić information content (AvgIpc) is 3.57. The fourth-order valence-electron chi connectivity index (χ4n) is 4.66. The Balaban J connectivity index is 1.43. The van der Waals surface area contributed by atoms with Gasteiger partial charge in [-0.15, -0.1) is 0 Å². The first-order valence-corrected chi connectivity index (χ1v) is 11.7. The molecule has 2 aliphatic rings. The predicted molar refractivity (Wildman–Crippen MR) is 128 cm³/mol. The topological polar surface area (TPSA) is 97.3 Å². The maximum atomic E-state index is 12.5. The number of nitrogens with two attached hydrogens (primary N) is 1. The molecule has 5 rings (SSSR count). The van der Waals surface area contributed by atoms with Crippen LogP contribution in [0.4, 0.5) is 5.82 Å². The lowest BCUT2D eigenvalue weighted by Crippen LogP contribution is -2.36. The largest absolute Gasteiger partial charge is 0.395 e. The second-order valence-electron chi connectivity index (χ2n) is 9.11. The lowest BCUT2D eigenvalue weighted by Gasteiger charge is -2.32. The number of β-amino-alcohol motifs (C(OH)–C–C–N with tert-alkyl or cyclic N) is 1. The van der Waals surface area contributed by atoms with E-state index in [0.717, 1.165) is 53.7 Å². The molecule has 0 unspecified atom stereocenters. The van der Waals surface area contributed by atoms with Crippen LogP contribution >= 0.6 is 0 Å². The van der Waals surface area contributed by atoms with Crippen LogP contribution in [-0.4, -0.2) is 56.6 Å². The molecule has 33 heavy (non-hydrogen) atoms. The smallest absolute Gasteiger partial charge is 0.163 e. The molecule has 1 aliphatic heterocycles. The molecule has 3 aromatic rings. The van der Waals surface area contributed by atoms with Crippen molar-refractivity contribution >= 4 is 22.6 Å². The highest BCUT2D eigenvalue weighted by molar-refractivity contribution is 5.97. The number of anilines is 1. The van der Waals surface area contributed by atoms with E-state index in [-0.39, 0.29) is 12.4 Å². The summed E-state index contributed by atoms with van der Waals surface area (Å²) >= 11 is 0. The number of hydrogen-bond donors (Lipinski definition) is 2. The first-order valence-electron chi connectivity index (χ1n) is 11.7. The number of fused-ring (bicyclic) bond motifs is 1. The normalized spacial score (nSPS) is 17.1. The van der Waals surface area contributed by atoms with E-state index >= 15 is 0 Å². The Morgan fingerprint density at radius 3 is 2.73 bits per heavy atom. The van der Waals surface area contributed by atoms with Crippen molar-refractivity contribution in [1.29, 1.82) is 0 Å². The average molecular weight is 444 g/mol. The first-order chi connectivity index (χ1) is 16.1. The van der Waals surface area contributed by atoms with Crippen molar-refractivity contribution in [2.45, 2.75) is 38.1 Å². The maximum absolute atomic E-state index is 12.5. The van der Waals surface area contributed by atoms with E-state index in [1.807, 2.05) is 30.5 Å². The zero-order valence-corrected chi connectivity index (χ0v) is 18.7. The van der Waals surface area contributed by atoms with Crippen LogP contribution in [0.5, 0.6) is 0 Å². The number of rotatable bonds is 6. The zero-order chi connectivity index (χ0) is 22.8. The highest BCUT2D eigenvalue weighted by atomic mass is 16.3. The van der Waals surface area contributed by atoms with Gasteiger partial charge in [0.2, 0.25) is 0 Å². The number of carbonyl (C=O) groups excluding carboxylic acids is 1. The summed E-state index contributed by atoms with van der Waals surface area (Å²) < 4.78 is 2.18. The predicted octanol–water partition coefficient (Wildman–Crippen LogP) is 3.03. The van der Waals surface area contributed by atoms with Gasteiger partial charge in [-0.3, -0.25) is 4.79 Å². The van der Waals surface area contributed by atoms with Gasteiger partial charge in [0.25, 0.3) is 0 Å². The van der Waals surface area contributed by atoms with Crippen molar-refractivity contribution < 1.29 is 9.90 Å². The molecule has 3 heterocycles. The molecule has 0 radical (unpaired) electrons. The number of ketones is 1. The van der Waals surface area contributed by atoms with Gasteiger partial charge in [-0.05, 0) is 43.7 Å². The third-order valence-corrected chi connectivity index (χ3v) is 6.70. The quantitative estimate of drug-likeness (QED) is 0.449. The van der Waals surface area contributed by atoms with Gasteiger partial charge in [0.15, 0.2) is 5.78 Å². The molecule has 3 N–H and O–H groups in total. The van der Waals surface area contributed by atoms with E-state index in [1.54, 1.807) is 0 Å². The molecule has 2 fully saturated rings. The van der Waals surface area contributed by atoms with Gasteiger partial charge in [-0.25, -0.2) is 9.97 Å². The van der Waals surface area contributed by atoms with Crippen molar-refractivity contribution in [3.63, 3.8) is 0 Å². The third-order valence-electron chi connectivity index (χ3n) is 6.70. The maximum Gasteiger partial charge on any atom is 0.163 e. The molecule has 1 saturated carbocycles. The van der Waals surface area contributed by atoms with Crippen LogP contribution in [0.2, 0.25) is 0 Å². The molecule has 2 aromatic heterocycles. The molecule has 1 aromatic carbocycles. The summed E-state index contributed by atoms with van der Waals surface area (Å²) in [6.45, 7) is 2.78. The summed E-state index contributed by atoms with van der Waals surface area (Å²) in [5.41, 5.74) is 9.38. The third kappa shape index (κ3) is 4.77. The summed E-state index contributed by atoms with van der Waals surface area (Å²) in [5, 5.41) is 9.99. The number of aliphatic hydroxyl groups excluding tert-OH is 1. The number of aliphatic hydroxyl groups is 1. The van der Waals surface area contributed by atoms with Gasteiger partial charge in [-0.2, -0.15) is 0 Å². The van der Waals surface area contributed by atoms with Crippen LogP contribution in [0.1, 0.15) is 59.6 Å². The number of nitrogens with zero attached hydrogens (tertiary/aromatic N) is 4. The van der Waals surface area contributed by atoms with Crippen molar-refractivity contribution in [3.8, 4) is 11.8 Å². The molecule has 1 aliphatic carbocycles. The summed E-state index contributed by atoms with van der Waals surface area (Å²) in [4.78, 5) is 23.5. The number of carbonyl (C=O) groups is 1. The van der Waals surface area contributed by atoms with Crippen molar-refractivity contribution in [1.82, 2.24) is 19.4 Å². The van der Waals surface area contributed by atoms with E-state index in [9.17, 15) is 9.90 Å². The fourth-order valence-corrected chi connectivity index (χ4v) is 4.66. The number of piperidine rings is 1. The van der Waals surface area contributed by atoms with E-state index < -0.39 is 0 Å². The molecular formula is C26H29N5O2. The molecule has 0 amide bonds. The van der Waals surface area contributed by atoms with Gasteiger partial charge in [-0.1, -0.05) is 24.0 Å². The lowest BCUT2D eigenvalue weighted by molar-refractivity contribution is 0.0976. The van der Waals surface area contributed by atoms with Crippen LogP contribution in [0.25, 0.3) is 11.0 Å². The van der Waals surface area contributed by atoms with Crippen LogP contribution in [-0.2, 0) is 0 Å². The van der Waals surface area contributed by atoms with Gasteiger partial charge < -0.3 is 20.3 Å². The Morgan fingerprint density at radius 2 is 1.97 bits per heavy atom. The molecule has 7 nitrogen and oxygen atoms in total. The summed E-state index contributed by atoms with van der Waals surface area (Å²) in [6.07, 6.45) is 8.46. The highest BCUT2D eigenvalue weighted by Gasteiger charge is 2.25. The summed E-state index contributed by atoms with van der Waals surface area (Å²) in [7, 11) is 0. The number of Topliss-reactive ketones (excluding diaryl/α,β-unsaturated/α-hetero) is 1. The first kappa shape index (κ1) is 21.6. The number of aromatic nitrogens is 3. The minimum Gasteiger partial charge on any atom is -0.395 e. The van der Waals surface area contributed by atoms with E-state index in [1.165, 1.54) is 19.2 Å². The van der Waals surface area contributed by atoms with Gasteiger partial charge >= 0.3 is 0 Å². The van der Waals surface area contributed by atoms with Gasteiger partial charge in [0.05, 0.1) is 17.6 Å². The second kappa shape index (κ2) is 9.34. The van der Waals surface area contributed by atoms with Crippen LogP contribution in [0, 0.1) is 17.8 Å². The molecule has 1 saturated heterocycles. The van der Waals surface area contributed by atoms with Crippen LogP contribution in [0.3, 0.4) is 0 Å². The Labute approximate surface area is 193 Å². The molecular weight excluding hydrogens is 414 g/mol. The lowest BCUT2D eigenvalue weighted by atomic mass is 10.0. The van der Waals surface area contributed by atoms with Crippen LogP contribution < -0.4 is 5.73 Å². The highest BCUT2D eigenvalue weighted by Crippen LogP contribution is 2.33. The van der Waals surface area contributed by atoms with Crippen LogP contribution in [0.15, 0.2) is 36.8 Å². The van der Waals surface area contributed by atoms with Gasteiger partial charge in [0.1, 0.15) is 17.8 Å². The van der Waals surface area contributed by atoms with Gasteiger partial charge in [0, 0.05) is 49.4 Å². The minimum atomic E-state index is 0.188. The SMILES string of the molecule is Nc1ncnc2c1c(C#Cc1cccc(C(=O)CC3CC3)c1)cn2C1CCN(CCO)CC1. The minimum absolute atomic E-state index is 0.188. The molecule has 0 atom stereocenters. The zero-order valence-electron chi connectivity index (χ0n) is 18.7. The molecule has 7 heteroatoms. The number of nitrogen functional groups attached to an aromatic ring is 1. The number of benzene rings is 1. The van der Waals surface area contributed by atoms with E-state index in [2.05, 4.69) is 31.3 Å². The summed E-state index contributed by atoms with van der Waals surface area (Å²) in [5.74, 6) is 7.68. The monoisotopic (exact) mass is 443 g/mol. The molecule has 170 valence electrons. The number of hydrogen-bond acceptors (Lipinski definition) is 6. The van der Waals surface area contributed by atoms with E-state index in [0.29, 0.717) is 30.7 Å². The molecule has 0 spiro atoms. The van der Waals surface area contributed by atoms with Crippen molar-refractivity contribution in [3.05, 3.63) is 53.5 Å². The fraction of sp³-hybridized carbons (Fsp3) is 0.423. The van der Waals surface area contributed by atoms with Crippen molar-refractivity contribution in [2.75, 3.05) is 32.0 Å².